The van der Waals surface area contributed by atoms with Gasteiger partial charge < -0.3 is 86.4 Å². The molecule has 0 aromatic carbocycles. The molecule has 16 saturated heterocycles. The number of fused-ring (bicyclic) bond motifs is 10. The fraction of sp³-hybridized carbons (Fsp3) is 0.918. The van der Waals surface area contributed by atoms with Gasteiger partial charge in [0, 0.05) is 63.7 Å². The molecule has 0 aromatic rings. The average Bonchev–Trinajstić information content (AvgIpc) is 3.35. The Bertz CT molecular complexity index is 2360. The van der Waals surface area contributed by atoms with Crippen LogP contribution in [-0.4, -0.2) is 198 Å². The first-order valence-corrected chi connectivity index (χ1v) is 31.3. The molecule has 16 rings (SSSR count). The molecule has 16 fully saturated rings. The molecule has 16 aliphatic rings. The lowest BCUT2D eigenvalue weighted by atomic mass is 9.79. The molecule has 80 heavy (non-hydrogen) atoms. The largest absolute Gasteiger partial charge is 0.459 e. The van der Waals surface area contributed by atoms with Gasteiger partial charge in [-0.25, -0.2) is 0 Å². The minimum Gasteiger partial charge on any atom is -0.459 e. The van der Waals surface area contributed by atoms with Gasteiger partial charge in [0.1, 0.15) is 36.6 Å². The molecule has 0 radical (unpaired) electrons. The van der Waals surface area contributed by atoms with E-state index in [9.17, 15) is 20.1 Å². The standard InChI is InChI=1S/C61H88O19/c1-27-15-34-8-11-38-28(2)16-36(66-38)13-14-59-24-47-55(79-59)56-57(73-47)58(80-59)54-39(70-56)12-9-35(68-54)17-49(65)74-53-32(6)52-44(69-43(53)18-40(67-34)31(27)5)20-42-46(72-52)23-61(75-42)25-48-51(78-61)30(4)22-60(77-48)21-29(3)50-45(76-60)19-41(71-50)37(64)10-7-33(63)26-62/h27,29-30,32-48,50-58,62-64H,2,5,7-26H2,1,3-4,6H3/t27-,29+,30+,32+,33?,34+,35-,36+,37?,38+,39+,40-,41+,42-,43+,44+,45+,46-,47-,48+,50+,51+,52+,53-,54+,55+,56+,57-,58+,59+,60-,61+/m1/s1. The van der Waals surface area contributed by atoms with Crippen LogP contribution in [0.25, 0.3) is 0 Å². The van der Waals surface area contributed by atoms with E-state index in [0.717, 1.165) is 49.7 Å². The van der Waals surface area contributed by atoms with Crippen LogP contribution in [0.4, 0.5) is 0 Å². The number of aliphatic hydroxyl groups is 3. The highest BCUT2D eigenvalue weighted by Crippen LogP contribution is 2.58. The second-order valence-corrected chi connectivity index (χ2v) is 27.9. The summed E-state index contributed by atoms with van der Waals surface area (Å²) >= 11 is 0. The lowest BCUT2D eigenvalue weighted by Crippen LogP contribution is -2.62. The third-order valence-corrected chi connectivity index (χ3v) is 22.2. The van der Waals surface area contributed by atoms with E-state index in [1.165, 1.54) is 0 Å². The Morgan fingerprint density at radius 2 is 1.18 bits per heavy atom. The van der Waals surface area contributed by atoms with Crippen molar-refractivity contribution in [1.82, 2.24) is 0 Å². The number of hydrogen-bond donors (Lipinski definition) is 3. The average molecular weight is 1130 g/mol. The van der Waals surface area contributed by atoms with E-state index in [0.29, 0.717) is 77.0 Å². The van der Waals surface area contributed by atoms with Gasteiger partial charge in [-0.05, 0) is 86.7 Å². The normalized spacial score (nSPS) is 56.6. The third kappa shape index (κ3) is 9.59. The summed E-state index contributed by atoms with van der Waals surface area (Å²) in [5, 5.41) is 30.3. The van der Waals surface area contributed by atoms with Crippen LogP contribution in [0.3, 0.4) is 0 Å². The summed E-state index contributed by atoms with van der Waals surface area (Å²) in [4.78, 5) is 14.6. The molecule has 0 amide bonds. The van der Waals surface area contributed by atoms with E-state index in [4.69, 9.17) is 71.1 Å². The zero-order chi connectivity index (χ0) is 54.7. The van der Waals surface area contributed by atoms with Crippen molar-refractivity contribution in [3.8, 4) is 0 Å². The van der Waals surface area contributed by atoms with Crippen molar-refractivity contribution in [2.75, 3.05) is 6.61 Å². The molecule has 3 N–H and O–H groups in total. The fourth-order valence-electron chi connectivity index (χ4n) is 18.3. The molecule has 0 saturated carbocycles. The first kappa shape index (κ1) is 54.9. The third-order valence-electron chi connectivity index (χ3n) is 22.2. The van der Waals surface area contributed by atoms with Crippen LogP contribution in [0, 0.1) is 23.7 Å². The quantitative estimate of drug-likeness (QED) is 0.235. The summed E-state index contributed by atoms with van der Waals surface area (Å²) in [5.74, 6) is -2.71. The summed E-state index contributed by atoms with van der Waals surface area (Å²) in [5.41, 5.74) is 2.15. The van der Waals surface area contributed by atoms with Crippen LogP contribution in [0.15, 0.2) is 24.3 Å². The van der Waals surface area contributed by atoms with Crippen molar-refractivity contribution in [1.29, 1.82) is 0 Å². The molecule has 2 unspecified atom stereocenters. The molecular weight excluding hydrogens is 1040 g/mol. The van der Waals surface area contributed by atoms with Crippen LogP contribution in [-0.2, 0) is 75.8 Å². The summed E-state index contributed by atoms with van der Waals surface area (Å²) in [7, 11) is 0. The van der Waals surface area contributed by atoms with E-state index in [-0.39, 0.29) is 146 Å². The van der Waals surface area contributed by atoms with Gasteiger partial charge in [0.05, 0.1) is 129 Å². The highest BCUT2D eigenvalue weighted by Gasteiger charge is 2.70. The van der Waals surface area contributed by atoms with Gasteiger partial charge in [-0.3, -0.25) is 4.79 Å². The number of carbonyl (C=O) groups excluding carboxylic acids is 1. The second-order valence-electron chi connectivity index (χ2n) is 27.9. The van der Waals surface area contributed by atoms with Crippen molar-refractivity contribution < 1.29 is 91.2 Å². The number of esters is 1. The van der Waals surface area contributed by atoms with Crippen LogP contribution >= 0.6 is 0 Å². The van der Waals surface area contributed by atoms with E-state index in [1.54, 1.807) is 0 Å². The Kier molecular flexibility index (Phi) is 14.2. The van der Waals surface area contributed by atoms with Crippen LogP contribution < -0.4 is 0 Å². The van der Waals surface area contributed by atoms with Crippen LogP contribution in [0.1, 0.15) is 150 Å². The number of aliphatic hydroxyl groups excluding tert-OH is 3. The summed E-state index contributed by atoms with van der Waals surface area (Å²) in [6.45, 7) is 17.5. The Balaban J connectivity index is 0.649. The zero-order valence-corrected chi connectivity index (χ0v) is 47.2. The number of rotatable bonds is 5. The Morgan fingerprint density at radius 1 is 0.500 bits per heavy atom. The van der Waals surface area contributed by atoms with E-state index < -0.39 is 66.2 Å². The molecular formula is C61H88O19. The Morgan fingerprint density at radius 3 is 2.02 bits per heavy atom. The van der Waals surface area contributed by atoms with Crippen molar-refractivity contribution in [3.63, 3.8) is 0 Å². The first-order valence-electron chi connectivity index (χ1n) is 31.3. The number of carbonyl (C=O) groups is 1. The zero-order valence-electron chi connectivity index (χ0n) is 47.2. The molecule has 3 spiro atoms. The lowest BCUT2D eigenvalue weighted by molar-refractivity contribution is -0.347. The van der Waals surface area contributed by atoms with Gasteiger partial charge in [0.15, 0.2) is 17.4 Å². The predicted molar refractivity (Wildman–Crippen MR) is 278 cm³/mol. The molecule has 12 bridgehead atoms. The van der Waals surface area contributed by atoms with Gasteiger partial charge in [-0.1, -0.05) is 40.9 Å². The van der Waals surface area contributed by atoms with Crippen LogP contribution in [0.5, 0.6) is 0 Å². The van der Waals surface area contributed by atoms with Gasteiger partial charge in [0.2, 0.25) is 0 Å². The minimum atomic E-state index is -0.919. The second kappa shape index (κ2) is 20.7. The highest BCUT2D eigenvalue weighted by atomic mass is 16.8. The Labute approximate surface area is 469 Å². The predicted octanol–water partition coefficient (Wildman–Crippen LogP) is 5.32. The van der Waals surface area contributed by atoms with Crippen molar-refractivity contribution in [2.45, 2.75) is 320 Å². The molecule has 0 aromatic heterocycles. The maximum atomic E-state index is 14.6. The fourth-order valence-corrected chi connectivity index (χ4v) is 18.3. The lowest BCUT2D eigenvalue weighted by Gasteiger charge is -2.50. The van der Waals surface area contributed by atoms with Gasteiger partial charge >= 0.3 is 5.97 Å². The molecule has 19 nitrogen and oxygen atoms in total. The maximum absolute atomic E-state index is 14.6. The Hall–Kier alpha value is -1.73. The maximum Gasteiger partial charge on any atom is 0.308 e. The number of ether oxygens (including phenoxy) is 15. The van der Waals surface area contributed by atoms with E-state index in [2.05, 4.69) is 40.9 Å². The summed E-state index contributed by atoms with van der Waals surface area (Å²) in [6, 6.07) is 0. The molecule has 32 atom stereocenters. The van der Waals surface area contributed by atoms with E-state index >= 15 is 0 Å². The van der Waals surface area contributed by atoms with Gasteiger partial charge in [-0.15, -0.1) is 0 Å². The van der Waals surface area contributed by atoms with Crippen molar-refractivity contribution in [2.24, 2.45) is 23.7 Å². The SMILES string of the molecule is C=C1C[C@@H]2CC[C@@]34C[C@H]5O[C@H]6[C@@H](O3)[C@H]3O[C@H](CC[C@@H]3O[C@H]6[C@H]5O4)CC(=O)O[C@@H]3[C@@H](C)[C@@H]4O[C@@H]5C[C@]6(C[C@@H]7O[C@]8(C[C@H](C)[C@@H]9O[C@H](C(O)CCC(O)CO)C[C@@H]9O8)C[C@H](C)[C@@H]7O6)O[C@@H]5C[C@@H]4O[C@H]3C[C@H]3O[C@@H](CC[C@@H]1O2)C[C@@H](C)C3=C. The van der Waals surface area contributed by atoms with E-state index in [1.807, 2.05) is 0 Å². The first-order chi connectivity index (χ1) is 38.5. The molecule has 16 heterocycles. The van der Waals surface area contributed by atoms with Crippen molar-refractivity contribution >= 4 is 5.97 Å². The van der Waals surface area contributed by atoms with Gasteiger partial charge in [0.25, 0.3) is 0 Å². The minimum absolute atomic E-state index is 0.0148. The monoisotopic (exact) mass is 1120 g/mol. The molecule has 0 aliphatic carbocycles. The summed E-state index contributed by atoms with van der Waals surface area (Å²) in [6.07, 6.45) is 3.36. The molecule has 16 aliphatic heterocycles. The van der Waals surface area contributed by atoms with Crippen molar-refractivity contribution in [3.05, 3.63) is 24.3 Å². The van der Waals surface area contributed by atoms with Crippen LogP contribution in [0.2, 0.25) is 0 Å². The topological polar surface area (TPSA) is 216 Å². The molecule has 19 heteroatoms. The highest BCUT2D eigenvalue weighted by molar-refractivity contribution is 5.70. The summed E-state index contributed by atoms with van der Waals surface area (Å²) < 4.78 is 104. The number of hydrogen-bond acceptors (Lipinski definition) is 19. The molecule has 446 valence electrons. The van der Waals surface area contributed by atoms with Gasteiger partial charge in [-0.2, -0.15) is 0 Å². The smallest absolute Gasteiger partial charge is 0.308 e.